The lowest BCUT2D eigenvalue weighted by atomic mass is 10.3. The van der Waals surface area contributed by atoms with Crippen LogP contribution in [0.25, 0.3) is 0 Å². The number of β-amino-alcohol motifs (C(OH)–C–C–N with tert-alkyl or cyclic N) is 1. The molecule has 76 valence electrons. The zero-order chi connectivity index (χ0) is 9.84. The highest BCUT2D eigenvalue weighted by Gasteiger charge is 2.24. The Morgan fingerprint density at radius 2 is 2.46 bits per heavy atom. The number of thioether (sulfide) groups is 1. The topological polar surface area (TPSA) is 40.5 Å². The van der Waals surface area contributed by atoms with Crippen molar-refractivity contribution in [3.8, 4) is 0 Å². The average molecular weight is 203 g/mol. The molecule has 0 radical (unpaired) electrons. The summed E-state index contributed by atoms with van der Waals surface area (Å²) in [4.78, 5) is 13.3. The molecule has 1 saturated heterocycles. The van der Waals surface area contributed by atoms with Crippen molar-refractivity contribution in [3.05, 3.63) is 0 Å². The van der Waals surface area contributed by atoms with Gasteiger partial charge in [-0.05, 0) is 12.7 Å². The summed E-state index contributed by atoms with van der Waals surface area (Å²) in [6.07, 6.45) is 3.04. The van der Waals surface area contributed by atoms with Crippen LogP contribution in [-0.2, 0) is 4.79 Å². The van der Waals surface area contributed by atoms with Crippen LogP contribution in [0.1, 0.15) is 19.8 Å². The number of carbonyl (C=O) groups excluding carboxylic acids is 1. The van der Waals surface area contributed by atoms with Crippen LogP contribution in [0.2, 0.25) is 0 Å². The molecule has 4 heteroatoms. The fourth-order valence-electron chi connectivity index (χ4n) is 1.43. The predicted molar refractivity (Wildman–Crippen MR) is 54.8 cm³/mol. The van der Waals surface area contributed by atoms with E-state index in [1.54, 1.807) is 16.7 Å². The van der Waals surface area contributed by atoms with E-state index in [0.717, 1.165) is 13.0 Å². The Hall–Kier alpha value is -0.220. The molecule has 1 N–H and O–H groups in total. The molecule has 1 aliphatic rings. The molecule has 1 fully saturated rings. The highest BCUT2D eigenvalue weighted by Crippen LogP contribution is 2.15. The SMILES string of the molecule is CSC(C)CC(=O)N1CC[C@@H](O)C1. The molecular weight excluding hydrogens is 186 g/mol. The number of carbonyl (C=O) groups is 1. The van der Waals surface area contributed by atoms with Gasteiger partial charge in [-0.3, -0.25) is 4.79 Å². The van der Waals surface area contributed by atoms with Gasteiger partial charge in [0.1, 0.15) is 0 Å². The molecule has 0 aliphatic carbocycles. The first-order valence-corrected chi connectivity index (χ1v) is 5.91. The molecule has 0 bridgehead atoms. The molecule has 0 spiro atoms. The van der Waals surface area contributed by atoms with Gasteiger partial charge in [0.2, 0.25) is 5.91 Å². The molecule has 1 aliphatic heterocycles. The molecule has 1 unspecified atom stereocenters. The number of rotatable bonds is 3. The average Bonchev–Trinajstić information content (AvgIpc) is 2.51. The van der Waals surface area contributed by atoms with Gasteiger partial charge in [-0.2, -0.15) is 11.8 Å². The Morgan fingerprint density at radius 3 is 2.92 bits per heavy atom. The third-order valence-corrected chi connectivity index (χ3v) is 3.35. The fraction of sp³-hybridized carbons (Fsp3) is 0.889. The highest BCUT2D eigenvalue weighted by molar-refractivity contribution is 7.99. The largest absolute Gasteiger partial charge is 0.391 e. The van der Waals surface area contributed by atoms with Gasteiger partial charge in [0, 0.05) is 24.8 Å². The lowest BCUT2D eigenvalue weighted by Gasteiger charge is -2.17. The Morgan fingerprint density at radius 1 is 1.77 bits per heavy atom. The van der Waals surface area contributed by atoms with Crippen molar-refractivity contribution in [2.24, 2.45) is 0 Å². The van der Waals surface area contributed by atoms with Gasteiger partial charge in [-0.15, -0.1) is 0 Å². The molecule has 2 atom stereocenters. The van der Waals surface area contributed by atoms with E-state index >= 15 is 0 Å². The summed E-state index contributed by atoms with van der Waals surface area (Å²) in [5, 5.41) is 9.62. The molecule has 3 nitrogen and oxygen atoms in total. The van der Waals surface area contributed by atoms with Gasteiger partial charge in [0.05, 0.1) is 6.10 Å². The molecule has 0 aromatic carbocycles. The lowest BCUT2D eigenvalue weighted by Crippen LogP contribution is -2.31. The Bertz CT molecular complexity index is 186. The second kappa shape index (κ2) is 4.86. The van der Waals surface area contributed by atoms with E-state index in [2.05, 4.69) is 6.92 Å². The molecule has 1 rings (SSSR count). The van der Waals surface area contributed by atoms with Crippen molar-refractivity contribution in [1.29, 1.82) is 0 Å². The van der Waals surface area contributed by atoms with Gasteiger partial charge < -0.3 is 10.0 Å². The number of hydrogen-bond acceptors (Lipinski definition) is 3. The van der Waals surface area contributed by atoms with E-state index in [1.807, 2.05) is 6.26 Å². The summed E-state index contributed by atoms with van der Waals surface area (Å²) in [5.41, 5.74) is 0. The van der Waals surface area contributed by atoms with E-state index in [9.17, 15) is 9.90 Å². The Kier molecular flexibility index (Phi) is 4.06. The summed E-state index contributed by atoms with van der Waals surface area (Å²) in [7, 11) is 0. The van der Waals surface area contributed by atoms with Crippen molar-refractivity contribution in [2.45, 2.75) is 31.1 Å². The first-order chi connectivity index (χ1) is 6.13. The van der Waals surface area contributed by atoms with Crippen molar-refractivity contribution in [3.63, 3.8) is 0 Å². The van der Waals surface area contributed by atoms with Crippen LogP contribution in [-0.4, -0.2) is 46.6 Å². The number of aliphatic hydroxyl groups is 1. The Balaban J connectivity index is 2.31. The van der Waals surface area contributed by atoms with Gasteiger partial charge >= 0.3 is 0 Å². The summed E-state index contributed by atoms with van der Waals surface area (Å²) < 4.78 is 0. The first kappa shape index (κ1) is 10.9. The van der Waals surface area contributed by atoms with E-state index in [0.29, 0.717) is 18.2 Å². The van der Waals surface area contributed by atoms with Crippen molar-refractivity contribution < 1.29 is 9.90 Å². The minimum Gasteiger partial charge on any atom is -0.391 e. The quantitative estimate of drug-likeness (QED) is 0.735. The van der Waals surface area contributed by atoms with Gasteiger partial charge in [0.15, 0.2) is 0 Å². The first-order valence-electron chi connectivity index (χ1n) is 4.62. The van der Waals surface area contributed by atoms with Gasteiger partial charge in [-0.25, -0.2) is 0 Å². The van der Waals surface area contributed by atoms with E-state index in [-0.39, 0.29) is 12.0 Å². The third kappa shape index (κ3) is 3.19. The molecule has 0 saturated carbocycles. The number of likely N-dealkylation sites (tertiary alicyclic amines) is 1. The Labute approximate surface area is 83.5 Å². The van der Waals surface area contributed by atoms with Crippen LogP contribution in [0.5, 0.6) is 0 Å². The van der Waals surface area contributed by atoms with Gasteiger partial charge in [-0.1, -0.05) is 6.92 Å². The monoisotopic (exact) mass is 203 g/mol. The molecule has 13 heavy (non-hydrogen) atoms. The lowest BCUT2D eigenvalue weighted by molar-refractivity contribution is -0.130. The van der Waals surface area contributed by atoms with Crippen LogP contribution >= 0.6 is 11.8 Å². The maximum atomic E-state index is 11.6. The minimum atomic E-state index is -0.298. The van der Waals surface area contributed by atoms with Crippen molar-refractivity contribution >= 4 is 17.7 Å². The van der Waals surface area contributed by atoms with E-state index in [4.69, 9.17) is 0 Å². The summed E-state index contributed by atoms with van der Waals surface area (Å²) in [6.45, 7) is 3.30. The van der Waals surface area contributed by atoms with Crippen molar-refractivity contribution in [1.82, 2.24) is 4.90 Å². The second-order valence-corrected chi connectivity index (χ2v) is 4.81. The zero-order valence-electron chi connectivity index (χ0n) is 8.19. The predicted octanol–water partition coefficient (Wildman–Crippen LogP) is 0.721. The van der Waals surface area contributed by atoms with E-state index in [1.165, 1.54) is 0 Å². The van der Waals surface area contributed by atoms with Gasteiger partial charge in [0.25, 0.3) is 0 Å². The van der Waals surface area contributed by atoms with Crippen LogP contribution in [0.15, 0.2) is 0 Å². The smallest absolute Gasteiger partial charge is 0.223 e. The number of amides is 1. The van der Waals surface area contributed by atoms with E-state index < -0.39 is 0 Å². The van der Waals surface area contributed by atoms with Crippen LogP contribution < -0.4 is 0 Å². The van der Waals surface area contributed by atoms with Crippen LogP contribution in [0.4, 0.5) is 0 Å². The van der Waals surface area contributed by atoms with Crippen LogP contribution in [0, 0.1) is 0 Å². The normalized spacial score (nSPS) is 24.8. The molecule has 1 amide bonds. The maximum absolute atomic E-state index is 11.6. The summed E-state index contributed by atoms with van der Waals surface area (Å²) >= 11 is 1.70. The minimum absolute atomic E-state index is 0.179. The van der Waals surface area contributed by atoms with Crippen molar-refractivity contribution in [2.75, 3.05) is 19.3 Å². The molecule has 0 aromatic rings. The van der Waals surface area contributed by atoms with Crippen LogP contribution in [0.3, 0.4) is 0 Å². The standard InChI is InChI=1S/C9H17NO2S/c1-7(13-2)5-9(12)10-4-3-8(11)6-10/h7-8,11H,3-6H2,1-2H3/t7?,8-/m1/s1. The summed E-state index contributed by atoms with van der Waals surface area (Å²) in [6, 6.07) is 0. The number of aliphatic hydroxyl groups excluding tert-OH is 1. The third-order valence-electron chi connectivity index (χ3n) is 2.38. The maximum Gasteiger partial charge on any atom is 0.223 e. The highest BCUT2D eigenvalue weighted by atomic mass is 32.2. The second-order valence-electron chi connectivity index (χ2n) is 3.53. The summed E-state index contributed by atoms with van der Waals surface area (Å²) in [5.74, 6) is 0.179. The fourth-order valence-corrected chi connectivity index (χ4v) is 1.74. The number of hydrogen-bond donors (Lipinski definition) is 1. The zero-order valence-corrected chi connectivity index (χ0v) is 9.01. The molecular formula is C9H17NO2S. The molecule has 0 aromatic heterocycles. The number of nitrogens with zero attached hydrogens (tertiary/aromatic N) is 1. The molecule has 1 heterocycles.